The molecule has 1 saturated heterocycles. The molecule has 178 valence electrons. The molecule has 0 radical (unpaired) electrons. The molecule has 34 heavy (non-hydrogen) atoms. The fraction of sp³-hybridized carbons (Fsp3) is 0.208. The zero-order valence-corrected chi connectivity index (χ0v) is 20.5. The summed E-state index contributed by atoms with van der Waals surface area (Å²) in [5.41, 5.74) is 0.359. The van der Waals surface area contributed by atoms with Gasteiger partial charge in [0.2, 0.25) is 19.9 Å². The van der Waals surface area contributed by atoms with Crippen LogP contribution in [0.4, 0.5) is 5.69 Å². The molecule has 0 bridgehead atoms. The number of hydrogen-bond acceptors (Lipinski definition) is 5. The van der Waals surface area contributed by atoms with E-state index in [0.29, 0.717) is 18.8 Å². The van der Waals surface area contributed by atoms with E-state index in [1.165, 1.54) is 58.9 Å². The van der Waals surface area contributed by atoms with Gasteiger partial charge in [-0.05, 0) is 67.4 Å². The van der Waals surface area contributed by atoms with Gasteiger partial charge in [-0.15, -0.1) is 0 Å². The Morgan fingerprint density at radius 3 is 2.00 bits per heavy atom. The molecule has 1 amide bonds. The third-order valence-corrected chi connectivity index (χ3v) is 9.62. The van der Waals surface area contributed by atoms with Gasteiger partial charge in [0.15, 0.2) is 0 Å². The Bertz CT molecular complexity index is 1400. The van der Waals surface area contributed by atoms with Crippen LogP contribution in [0.25, 0.3) is 0 Å². The maximum Gasteiger partial charge on any atom is 0.257 e. The molecule has 0 spiro atoms. The molecular formula is C24H23ClN2O5S2. The molecule has 3 aromatic carbocycles. The van der Waals surface area contributed by atoms with E-state index in [0.717, 1.165) is 19.3 Å². The van der Waals surface area contributed by atoms with Crippen LogP contribution >= 0.6 is 11.6 Å². The molecule has 1 aliphatic rings. The number of nitrogens with zero attached hydrogens (tertiary/aromatic N) is 1. The highest BCUT2D eigenvalue weighted by molar-refractivity contribution is 7.91. The average molecular weight is 519 g/mol. The van der Waals surface area contributed by atoms with E-state index in [2.05, 4.69) is 5.32 Å². The number of benzene rings is 3. The van der Waals surface area contributed by atoms with E-state index in [4.69, 9.17) is 11.6 Å². The van der Waals surface area contributed by atoms with Gasteiger partial charge < -0.3 is 5.32 Å². The predicted molar refractivity (Wildman–Crippen MR) is 130 cm³/mol. The summed E-state index contributed by atoms with van der Waals surface area (Å²) in [5, 5.41) is 2.76. The highest BCUT2D eigenvalue weighted by atomic mass is 35.5. The standard InChI is InChI=1S/C24H23ClN2O5S2/c25-23-14-13-21(34(31,32)27-15-5-2-6-16-27)17-22(23)24(28)26-18-9-11-20(12-10-18)33(29,30)19-7-3-1-4-8-19/h1,3-4,7-14,17H,2,5-6,15-16H2,(H,26,28). The fourth-order valence-corrected chi connectivity index (χ4v) is 6.77. The third kappa shape index (κ3) is 5.02. The van der Waals surface area contributed by atoms with Crippen LogP contribution in [0, 0.1) is 0 Å². The van der Waals surface area contributed by atoms with Crippen LogP contribution in [0.2, 0.25) is 5.02 Å². The van der Waals surface area contributed by atoms with E-state index >= 15 is 0 Å². The van der Waals surface area contributed by atoms with Crippen molar-refractivity contribution in [2.45, 2.75) is 33.9 Å². The summed E-state index contributed by atoms with van der Waals surface area (Å²) in [7, 11) is -7.41. The van der Waals surface area contributed by atoms with Crippen LogP contribution in [0.15, 0.2) is 87.5 Å². The molecule has 3 aromatic rings. The lowest BCUT2D eigenvalue weighted by Crippen LogP contribution is -2.35. The van der Waals surface area contributed by atoms with Crippen LogP contribution < -0.4 is 5.32 Å². The Morgan fingerprint density at radius 1 is 0.765 bits per heavy atom. The number of anilines is 1. The third-order valence-electron chi connectivity index (χ3n) is 5.61. The number of sulfone groups is 1. The molecule has 0 aliphatic carbocycles. The summed E-state index contributed by atoms with van der Waals surface area (Å²) in [4.78, 5) is 13.1. The van der Waals surface area contributed by atoms with Crippen LogP contribution in [0.5, 0.6) is 0 Å². The lowest BCUT2D eigenvalue weighted by atomic mass is 10.2. The lowest BCUT2D eigenvalue weighted by molar-refractivity contribution is 0.102. The zero-order chi connectivity index (χ0) is 24.3. The predicted octanol–water partition coefficient (Wildman–Crippen LogP) is 4.60. The molecule has 10 heteroatoms. The normalized spacial score (nSPS) is 15.1. The molecule has 0 aromatic heterocycles. The summed E-state index contributed by atoms with van der Waals surface area (Å²) in [5.74, 6) is -0.598. The summed E-state index contributed by atoms with van der Waals surface area (Å²) in [6, 6.07) is 17.8. The number of amides is 1. The number of sulfonamides is 1. The van der Waals surface area contributed by atoms with Crippen molar-refractivity contribution in [3.63, 3.8) is 0 Å². The van der Waals surface area contributed by atoms with Crippen LogP contribution in [-0.4, -0.2) is 40.1 Å². The van der Waals surface area contributed by atoms with E-state index < -0.39 is 25.8 Å². The van der Waals surface area contributed by atoms with Gasteiger partial charge in [0.05, 0.1) is 25.3 Å². The number of rotatable bonds is 6. The molecule has 0 unspecified atom stereocenters. The number of carbonyl (C=O) groups is 1. The number of piperidine rings is 1. The van der Waals surface area contributed by atoms with E-state index in [-0.39, 0.29) is 25.3 Å². The van der Waals surface area contributed by atoms with Gasteiger partial charge in [-0.1, -0.05) is 36.2 Å². The molecule has 1 heterocycles. The van der Waals surface area contributed by atoms with Gasteiger partial charge in [-0.3, -0.25) is 4.79 Å². The number of carbonyl (C=O) groups excluding carboxylic acids is 1. The van der Waals surface area contributed by atoms with Gasteiger partial charge >= 0.3 is 0 Å². The molecule has 1 aliphatic heterocycles. The monoisotopic (exact) mass is 518 g/mol. The number of halogens is 1. The van der Waals surface area contributed by atoms with Crippen molar-refractivity contribution < 1.29 is 21.6 Å². The van der Waals surface area contributed by atoms with Gasteiger partial charge in [-0.2, -0.15) is 4.31 Å². The topological polar surface area (TPSA) is 101 Å². The second-order valence-electron chi connectivity index (χ2n) is 7.90. The first-order chi connectivity index (χ1) is 16.2. The quantitative estimate of drug-likeness (QED) is 0.514. The summed E-state index contributed by atoms with van der Waals surface area (Å²) >= 11 is 6.20. The fourth-order valence-electron chi connectivity index (χ4n) is 3.74. The van der Waals surface area contributed by atoms with Gasteiger partial charge in [0.25, 0.3) is 5.91 Å². The maximum absolute atomic E-state index is 13.0. The lowest BCUT2D eigenvalue weighted by Gasteiger charge is -2.26. The largest absolute Gasteiger partial charge is 0.322 e. The van der Waals surface area contributed by atoms with E-state index in [1.54, 1.807) is 18.2 Å². The molecule has 7 nitrogen and oxygen atoms in total. The van der Waals surface area contributed by atoms with Crippen molar-refractivity contribution in [2.24, 2.45) is 0 Å². The van der Waals surface area contributed by atoms with Crippen molar-refractivity contribution in [3.05, 3.63) is 83.4 Å². The molecule has 0 atom stereocenters. The van der Waals surface area contributed by atoms with Gasteiger partial charge in [0, 0.05) is 18.8 Å². The van der Waals surface area contributed by atoms with Crippen LogP contribution in [0.3, 0.4) is 0 Å². The van der Waals surface area contributed by atoms with Gasteiger partial charge in [-0.25, -0.2) is 16.8 Å². The number of nitrogens with one attached hydrogen (secondary N) is 1. The van der Waals surface area contributed by atoms with Crippen molar-refractivity contribution in [2.75, 3.05) is 18.4 Å². The highest BCUT2D eigenvalue weighted by Gasteiger charge is 2.27. The van der Waals surface area contributed by atoms with E-state index in [1.807, 2.05) is 0 Å². The summed E-state index contributed by atoms with van der Waals surface area (Å²) < 4.78 is 52.8. The first-order valence-corrected chi connectivity index (χ1v) is 14.0. The Hall–Kier alpha value is -2.72. The van der Waals surface area contributed by atoms with Crippen molar-refractivity contribution in [3.8, 4) is 0 Å². The number of hydrogen-bond donors (Lipinski definition) is 1. The minimum atomic E-state index is -3.73. The molecule has 1 fully saturated rings. The SMILES string of the molecule is O=C(Nc1ccc(S(=O)(=O)c2ccccc2)cc1)c1cc(S(=O)(=O)N2CCCCC2)ccc1Cl. The molecule has 0 saturated carbocycles. The Balaban J connectivity index is 1.54. The molecule has 4 rings (SSSR count). The average Bonchev–Trinajstić information content (AvgIpc) is 2.85. The first kappa shape index (κ1) is 24.4. The zero-order valence-electron chi connectivity index (χ0n) is 18.1. The van der Waals surface area contributed by atoms with Crippen LogP contribution in [-0.2, 0) is 19.9 Å². The van der Waals surface area contributed by atoms with Crippen molar-refractivity contribution in [1.29, 1.82) is 0 Å². The summed E-state index contributed by atoms with van der Waals surface area (Å²) in [6.07, 6.45) is 2.60. The minimum Gasteiger partial charge on any atom is -0.322 e. The van der Waals surface area contributed by atoms with Gasteiger partial charge in [0.1, 0.15) is 0 Å². The maximum atomic E-state index is 13.0. The minimum absolute atomic E-state index is 0.00764. The van der Waals surface area contributed by atoms with Crippen LogP contribution in [0.1, 0.15) is 29.6 Å². The second-order valence-corrected chi connectivity index (χ2v) is 12.2. The molecule has 1 N–H and O–H groups in total. The van der Waals surface area contributed by atoms with Crippen molar-refractivity contribution in [1.82, 2.24) is 4.31 Å². The molecular weight excluding hydrogens is 496 g/mol. The highest BCUT2D eigenvalue weighted by Crippen LogP contribution is 2.27. The Kier molecular flexibility index (Phi) is 7.09. The Morgan fingerprint density at radius 2 is 1.35 bits per heavy atom. The summed E-state index contributed by atoms with van der Waals surface area (Å²) in [6.45, 7) is 0.898. The van der Waals surface area contributed by atoms with Crippen molar-refractivity contribution >= 4 is 43.1 Å². The first-order valence-electron chi connectivity index (χ1n) is 10.7. The van der Waals surface area contributed by atoms with E-state index in [9.17, 15) is 21.6 Å². The smallest absolute Gasteiger partial charge is 0.257 e. The Labute approximate surface area is 204 Å². The second kappa shape index (κ2) is 9.87.